The number of anilines is 1. The van der Waals surface area contributed by atoms with Crippen LogP contribution in [0, 0.1) is 0 Å². The first-order valence-corrected chi connectivity index (χ1v) is 10.6. The van der Waals surface area contributed by atoms with Crippen LogP contribution in [0.3, 0.4) is 0 Å². The van der Waals surface area contributed by atoms with E-state index in [2.05, 4.69) is 24.3 Å². The van der Waals surface area contributed by atoms with Gasteiger partial charge in [0.2, 0.25) is 5.91 Å². The highest BCUT2D eigenvalue weighted by molar-refractivity contribution is 7.99. The lowest BCUT2D eigenvalue weighted by Crippen LogP contribution is -2.15. The molecule has 10 heteroatoms. The second kappa shape index (κ2) is 8.26. The molecule has 0 saturated carbocycles. The molecule has 0 fully saturated rings. The van der Waals surface area contributed by atoms with Gasteiger partial charge in [0, 0.05) is 17.1 Å². The van der Waals surface area contributed by atoms with E-state index >= 15 is 0 Å². The van der Waals surface area contributed by atoms with Gasteiger partial charge in [-0.3, -0.25) is 4.79 Å². The minimum Gasteiger partial charge on any atom is -0.323 e. The first-order chi connectivity index (χ1) is 13.7. The zero-order chi connectivity index (χ0) is 19.5. The average molecular weight is 431 g/mol. The molecule has 1 N–H and O–H groups in total. The maximum absolute atomic E-state index is 12.4. The number of nitrogens with one attached hydrogen (secondary N) is 1. The number of hydrogen-bond acceptors (Lipinski definition) is 7. The second-order valence-electron chi connectivity index (χ2n) is 5.83. The quantitative estimate of drug-likeness (QED) is 0.457. The van der Waals surface area contributed by atoms with E-state index in [9.17, 15) is 4.79 Å². The Morgan fingerprint density at radius 1 is 1.18 bits per heavy atom. The summed E-state index contributed by atoms with van der Waals surface area (Å²) in [5.74, 6) is 0.830. The van der Waals surface area contributed by atoms with Crippen LogP contribution in [0.25, 0.3) is 22.4 Å². The third-order valence-corrected chi connectivity index (χ3v) is 5.79. The van der Waals surface area contributed by atoms with Crippen molar-refractivity contribution in [3.63, 3.8) is 0 Å². The monoisotopic (exact) mass is 430 g/mol. The van der Waals surface area contributed by atoms with Crippen molar-refractivity contribution in [1.29, 1.82) is 0 Å². The molecule has 0 aliphatic rings. The zero-order valence-electron chi connectivity index (χ0n) is 14.8. The minimum atomic E-state index is -0.135. The summed E-state index contributed by atoms with van der Waals surface area (Å²) in [6.45, 7) is 2.71. The summed E-state index contributed by atoms with van der Waals surface area (Å²) in [5.41, 5.74) is 3.06. The van der Waals surface area contributed by atoms with Crippen molar-refractivity contribution >= 4 is 57.7 Å². The Morgan fingerprint density at radius 3 is 2.79 bits per heavy atom. The van der Waals surface area contributed by atoms with E-state index in [4.69, 9.17) is 11.6 Å². The Balaban J connectivity index is 1.47. The van der Waals surface area contributed by atoms with Gasteiger partial charge in [0.15, 0.2) is 11.0 Å². The Hall–Kier alpha value is -2.49. The predicted molar refractivity (Wildman–Crippen MR) is 113 cm³/mol. The van der Waals surface area contributed by atoms with Crippen LogP contribution in [-0.2, 0) is 11.3 Å². The Bertz CT molecular complexity index is 1120. The molecule has 0 aliphatic heterocycles. The van der Waals surface area contributed by atoms with Crippen molar-refractivity contribution in [2.45, 2.75) is 18.6 Å². The first kappa shape index (κ1) is 18.9. The fourth-order valence-electron chi connectivity index (χ4n) is 2.72. The fourth-order valence-corrected chi connectivity index (χ4v) is 4.19. The molecular formula is C18H15ClN6OS2. The number of amides is 1. The number of fused-ring (bicyclic) bond motifs is 1. The topological polar surface area (TPSA) is 85.6 Å². The summed E-state index contributed by atoms with van der Waals surface area (Å²) in [6, 6.07) is 13.0. The predicted octanol–water partition coefficient (Wildman–Crippen LogP) is 4.35. The van der Waals surface area contributed by atoms with E-state index in [0.717, 1.165) is 28.6 Å². The number of hydrogen-bond donors (Lipinski definition) is 1. The molecule has 4 rings (SSSR count). The highest BCUT2D eigenvalue weighted by Gasteiger charge is 2.15. The number of halogens is 1. The number of rotatable bonds is 6. The molecule has 2 heterocycles. The van der Waals surface area contributed by atoms with Crippen molar-refractivity contribution in [3.05, 3.63) is 47.5 Å². The maximum Gasteiger partial charge on any atom is 0.234 e. The Morgan fingerprint density at radius 2 is 2.00 bits per heavy atom. The fraction of sp³-hybridized carbons (Fsp3) is 0.167. The minimum absolute atomic E-state index is 0.135. The Labute approximate surface area is 174 Å². The molecule has 2 aromatic heterocycles. The third-order valence-electron chi connectivity index (χ3n) is 4.03. The molecule has 0 atom stereocenters. The number of thioether (sulfide) groups is 1. The van der Waals surface area contributed by atoms with Crippen molar-refractivity contribution < 1.29 is 4.79 Å². The number of carbonyl (C=O) groups excluding carboxylic acids is 1. The van der Waals surface area contributed by atoms with Crippen LogP contribution in [-0.4, -0.2) is 35.2 Å². The van der Waals surface area contributed by atoms with Crippen LogP contribution in [0.15, 0.2) is 47.6 Å². The molecule has 0 spiro atoms. The summed E-state index contributed by atoms with van der Waals surface area (Å²) in [5, 5.41) is 12.8. The van der Waals surface area contributed by atoms with Gasteiger partial charge in [-0.1, -0.05) is 29.4 Å². The van der Waals surface area contributed by atoms with Crippen LogP contribution in [0.1, 0.15) is 6.92 Å². The van der Waals surface area contributed by atoms with Gasteiger partial charge in [0.25, 0.3) is 0 Å². The molecule has 0 unspecified atom stereocenters. The summed E-state index contributed by atoms with van der Waals surface area (Å²) in [7, 11) is 0. The molecule has 0 saturated heterocycles. The van der Waals surface area contributed by atoms with Gasteiger partial charge in [-0.05, 0) is 43.3 Å². The average Bonchev–Trinajstić information content (AvgIpc) is 3.34. The number of benzene rings is 2. The normalized spacial score (nSPS) is 11.1. The summed E-state index contributed by atoms with van der Waals surface area (Å²) >= 11 is 8.43. The molecule has 0 aliphatic carbocycles. The molecule has 1 amide bonds. The van der Waals surface area contributed by atoms with Crippen LogP contribution < -0.4 is 5.32 Å². The van der Waals surface area contributed by atoms with Gasteiger partial charge in [-0.2, -0.15) is 8.75 Å². The summed E-state index contributed by atoms with van der Waals surface area (Å²) in [6.07, 6.45) is 0. The van der Waals surface area contributed by atoms with E-state index in [1.807, 2.05) is 54.0 Å². The van der Waals surface area contributed by atoms with Crippen molar-refractivity contribution in [1.82, 2.24) is 23.5 Å². The van der Waals surface area contributed by atoms with Gasteiger partial charge in [-0.25, -0.2) is 0 Å². The molecule has 4 aromatic rings. The maximum atomic E-state index is 12.4. The highest BCUT2D eigenvalue weighted by atomic mass is 35.5. The molecule has 0 radical (unpaired) electrons. The molecule has 7 nitrogen and oxygen atoms in total. The smallest absolute Gasteiger partial charge is 0.234 e. The van der Waals surface area contributed by atoms with Crippen LogP contribution in [0.5, 0.6) is 0 Å². The Kier molecular flexibility index (Phi) is 5.56. The first-order valence-electron chi connectivity index (χ1n) is 8.48. The molecule has 142 valence electrons. The number of aromatic nitrogens is 5. The number of nitrogens with zero attached hydrogens (tertiary/aromatic N) is 5. The van der Waals surface area contributed by atoms with E-state index < -0.39 is 0 Å². The lowest BCUT2D eigenvalue weighted by atomic mass is 10.2. The summed E-state index contributed by atoms with van der Waals surface area (Å²) in [4.78, 5) is 12.4. The zero-order valence-corrected chi connectivity index (χ0v) is 17.2. The highest BCUT2D eigenvalue weighted by Crippen LogP contribution is 2.26. The van der Waals surface area contributed by atoms with E-state index in [1.165, 1.54) is 11.8 Å². The molecule has 0 bridgehead atoms. The van der Waals surface area contributed by atoms with Crippen molar-refractivity contribution in [2.75, 3.05) is 11.1 Å². The lowest BCUT2D eigenvalue weighted by molar-refractivity contribution is -0.113. The number of carbonyl (C=O) groups is 1. The van der Waals surface area contributed by atoms with Gasteiger partial charge in [-0.15, -0.1) is 10.2 Å². The van der Waals surface area contributed by atoms with E-state index in [1.54, 1.807) is 0 Å². The van der Waals surface area contributed by atoms with Crippen molar-refractivity contribution in [3.8, 4) is 11.4 Å². The second-order valence-corrected chi connectivity index (χ2v) is 7.74. The molecule has 2 aromatic carbocycles. The van der Waals surface area contributed by atoms with Crippen molar-refractivity contribution in [2.24, 2.45) is 0 Å². The van der Waals surface area contributed by atoms with Crippen LogP contribution in [0.4, 0.5) is 5.69 Å². The van der Waals surface area contributed by atoms with Gasteiger partial charge in [0.05, 0.1) is 23.2 Å². The van der Waals surface area contributed by atoms with Gasteiger partial charge < -0.3 is 9.88 Å². The van der Waals surface area contributed by atoms with Gasteiger partial charge in [0.1, 0.15) is 11.0 Å². The van der Waals surface area contributed by atoms with E-state index in [0.29, 0.717) is 27.9 Å². The third kappa shape index (κ3) is 3.87. The van der Waals surface area contributed by atoms with E-state index in [-0.39, 0.29) is 11.7 Å². The lowest BCUT2D eigenvalue weighted by Gasteiger charge is -2.08. The van der Waals surface area contributed by atoms with Gasteiger partial charge >= 0.3 is 0 Å². The largest absolute Gasteiger partial charge is 0.323 e. The standard InChI is InChI=1S/C18H15ClN6OS2/c1-2-25-17(11-6-8-12(19)9-7-11)21-22-18(25)27-10-15(26)20-13-4-3-5-14-16(13)24-28-23-14/h3-9H,2,10H2,1H3,(H,20,26). The summed E-state index contributed by atoms with van der Waals surface area (Å²) < 4.78 is 10.4. The van der Waals surface area contributed by atoms with Crippen LogP contribution >= 0.6 is 35.1 Å². The SMILES string of the molecule is CCn1c(SCC(=O)Nc2cccc3nsnc23)nnc1-c1ccc(Cl)cc1. The van der Waals surface area contributed by atoms with Crippen LogP contribution in [0.2, 0.25) is 5.02 Å². The molecule has 28 heavy (non-hydrogen) atoms. The molecular weight excluding hydrogens is 416 g/mol.